The molecule has 0 radical (unpaired) electrons. The number of nitroso groups, excluding NO2 is 1. The van der Waals surface area contributed by atoms with E-state index in [9.17, 15) is 13.3 Å². The van der Waals surface area contributed by atoms with Crippen LogP contribution in [0, 0.1) is 4.91 Å². The third kappa shape index (κ3) is 3.33. The molecule has 0 aromatic heterocycles. The Morgan fingerprint density at radius 1 is 1.38 bits per heavy atom. The number of nitrogens with zero attached hydrogens (tertiary/aromatic N) is 1. The van der Waals surface area contributed by atoms with Gasteiger partial charge < -0.3 is 0 Å². The molecule has 0 saturated carbocycles. The molecule has 0 saturated heterocycles. The summed E-state index contributed by atoms with van der Waals surface area (Å²) in [6.07, 6.45) is 1.15. The van der Waals surface area contributed by atoms with Crippen LogP contribution in [-0.4, -0.2) is 14.7 Å². The SMILES string of the molecule is CS(=O)(=O)Cc1cccc(N=O)c1. The van der Waals surface area contributed by atoms with Crippen molar-refractivity contribution >= 4 is 15.5 Å². The molecule has 0 aliphatic heterocycles. The Labute approximate surface area is 76.5 Å². The van der Waals surface area contributed by atoms with Crippen LogP contribution in [-0.2, 0) is 15.6 Å². The fourth-order valence-electron chi connectivity index (χ4n) is 1.01. The molecule has 1 aromatic carbocycles. The molecule has 0 aliphatic carbocycles. The molecule has 0 fully saturated rings. The van der Waals surface area contributed by atoms with Crippen LogP contribution in [0.5, 0.6) is 0 Å². The molecular formula is C8H9NO3S. The van der Waals surface area contributed by atoms with Gasteiger partial charge in [0.1, 0.15) is 5.69 Å². The Morgan fingerprint density at radius 3 is 2.62 bits per heavy atom. The third-order valence-electron chi connectivity index (χ3n) is 1.44. The maximum Gasteiger partial charge on any atom is 0.151 e. The van der Waals surface area contributed by atoms with Crippen LogP contribution in [0.2, 0.25) is 0 Å². The van der Waals surface area contributed by atoms with Crippen molar-refractivity contribution in [2.75, 3.05) is 6.26 Å². The van der Waals surface area contributed by atoms with Gasteiger partial charge in [-0.2, -0.15) is 0 Å². The molecule has 70 valence electrons. The quantitative estimate of drug-likeness (QED) is 0.695. The zero-order chi connectivity index (χ0) is 9.90. The Morgan fingerprint density at radius 2 is 2.08 bits per heavy atom. The van der Waals surface area contributed by atoms with Crippen LogP contribution in [0.25, 0.3) is 0 Å². The van der Waals surface area contributed by atoms with Crippen LogP contribution in [0.1, 0.15) is 5.56 Å². The van der Waals surface area contributed by atoms with E-state index in [0.717, 1.165) is 6.26 Å². The van der Waals surface area contributed by atoms with Gasteiger partial charge >= 0.3 is 0 Å². The van der Waals surface area contributed by atoms with Crippen molar-refractivity contribution in [3.8, 4) is 0 Å². The monoisotopic (exact) mass is 199 g/mol. The van der Waals surface area contributed by atoms with E-state index in [4.69, 9.17) is 0 Å². The molecule has 0 amide bonds. The molecule has 0 unspecified atom stereocenters. The summed E-state index contributed by atoms with van der Waals surface area (Å²) in [5.74, 6) is -0.0592. The number of hydrogen-bond donors (Lipinski definition) is 0. The second kappa shape index (κ2) is 3.66. The summed E-state index contributed by atoms with van der Waals surface area (Å²) in [5, 5.41) is 2.72. The molecule has 5 heteroatoms. The van der Waals surface area contributed by atoms with Crippen LogP contribution in [0.4, 0.5) is 5.69 Å². The average molecular weight is 199 g/mol. The van der Waals surface area contributed by atoms with Crippen molar-refractivity contribution in [2.24, 2.45) is 5.18 Å². The van der Waals surface area contributed by atoms with Crippen molar-refractivity contribution in [3.05, 3.63) is 34.7 Å². The molecular weight excluding hydrogens is 190 g/mol. The lowest BCUT2D eigenvalue weighted by molar-refractivity contribution is 0.601. The lowest BCUT2D eigenvalue weighted by Gasteiger charge is -1.98. The van der Waals surface area contributed by atoms with E-state index in [1.54, 1.807) is 12.1 Å². The molecule has 0 spiro atoms. The van der Waals surface area contributed by atoms with Gasteiger partial charge in [0.25, 0.3) is 0 Å². The zero-order valence-corrected chi connectivity index (χ0v) is 7.91. The highest BCUT2D eigenvalue weighted by molar-refractivity contribution is 7.89. The van der Waals surface area contributed by atoms with E-state index in [0.29, 0.717) is 5.56 Å². The largest absolute Gasteiger partial charge is 0.229 e. The van der Waals surface area contributed by atoms with Gasteiger partial charge in [-0.15, -0.1) is 4.91 Å². The summed E-state index contributed by atoms with van der Waals surface area (Å²) >= 11 is 0. The minimum Gasteiger partial charge on any atom is -0.229 e. The second-order valence-corrected chi connectivity index (χ2v) is 4.97. The second-order valence-electron chi connectivity index (χ2n) is 2.83. The summed E-state index contributed by atoms with van der Waals surface area (Å²) in [4.78, 5) is 10.1. The zero-order valence-electron chi connectivity index (χ0n) is 7.10. The molecule has 0 heterocycles. The highest BCUT2D eigenvalue weighted by Crippen LogP contribution is 2.14. The minimum absolute atomic E-state index is 0.0592. The third-order valence-corrected chi connectivity index (χ3v) is 2.30. The maximum absolute atomic E-state index is 10.9. The van der Waals surface area contributed by atoms with Gasteiger partial charge in [0.2, 0.25) is 0 Å². The topological polar surface area (TPSA) is 63.6 Å². The minimum atomic E-state index is -3.05. The first-order valence-corrected chi connectivity index (χ1v) is 5.67. The van der Waals surface area contributed by atoms with Crippen molar-refractivity contribution in [3.63, 3.8) is 0 Å². The summed E-state index contributed by atoms with van der Waals surface area (Å²) in [7, 11) is -3.05. The maximum atomic E-state index is 10.9. The predicted octanol–water partition coefficient (Wildman–Crippen LogP) is 1.63. The first-order chi connectivity index (χ1) is 6.01. The van der Waals surface area contributed by atoms with Crippen molar-refractivity contribution in [1.29, 1.82) is 0 Å². The van der Waals surface area contributed by atoms with Gasteiger partial charge in [-0.05, 0) is 22.9 Å². The van der Waals surface area contributed by atoms with Gasteiger partial charge in [-0.1, -0.05) is 12.1 Å². The van der Waals surface area contributed by atoms with E-state index in [-0.39, 0.29) is 11.4 Å². The molecule has 0 aliphatic rings. The van der Waals surface area contributed by atoms with Crippen molar-refractivity contribution in [2.45, 2.75) is 5.75 Å². The molecule has 1 aromatic rings. The number of hydrogen-bond acceptors (Lipinski definition) is 4. The molecule has 0 N–H and O–H groups in total. The number of rotatable bonds is 3. The highest BCUT2D eigenvalue weighted by Gasteiger charge is 2.04. The summed E-state index contributed by atoms with van der Waals surface area (Å²) in [5.41, 5.74) is 0.834. The number of sulfone groups is 1. The Bertz CT molecular complexity index is 411. The first-order valence-electron chi connectivity index (χ1n) is 3.61. The van der Waals surface area contributed by atoms with Crippen LogP contribution in [0.3, 0.4) is 0 Å². The lowest BCUT2D eigenvalue weighted by Crippen LogP contribution is -1.99. The molecule has 4 nitrogen and oxygen atoms in total. The summed E-state index contributed by atoms with van der Waals surface area (Å²) in [6, 6.07) is 6.25. The van der Waals surface area contributed by atoms with Crippen molar-refractivity contribution in [1.82, 2.24) is 0 Å². The Balaban J connectivity index is 2.96. The fourth-order valence-corrected chi connectivity index (χ4v) is 1.79. The van der Waals surface area contributed by atoms with Gasteiger partial charge in [-0.25, -0.2) is 8.42 Å². The summed E-state index contributed by atoms with van der Waals surface area (Å²) < 4.78 is 21.8. The van der Waals surface area contributed by atoms with Crippen LogP contribution >= 0.6 is 0 Å². The standard InChI is InChI=1S/C8H9NO3S/c1-13(11,12)6-7-3-2-4-8(5-7)9-10/h2-5H,6H2,1H3. The van der Waals surface area contributed by atoms with E-state index >= 15 is 0 Å². The molecule has 1 rings (SSSR count). The highest BCUT2D eigenvalue weighted by atomic mass is 32.2. The Hall–Kier alpha value is -1.23. The first kappa shape index (κ1) is 9.85. The molecule has 13 heavy (non-hydrogen) atoms. The van der Waals surface area contributed by atoms with Gasteiger partial charge in [-0.3, -0.25) is 0 Å². The fraction of sp³-hybridized carbons (Fsp3) is 0.250. The lowest BCUT2D eigenvalue weighted by atomic mass is 10.2. The van der Waals surface area contributed by atoms with E-state index in [1.807, 2.05) is 0 Å². The van der Waals surface area contributed by atoms with Gasteiger partial charge in [0.15, 0.2) is 9.84 Å². The normalized spacial score (nSPS) is 11.2. The number of benzene rings is 1. The smallest absolute Gasteiger partial charge is 0.151 e. The van der Waals surface area contributed by atoms with Gasteiger partial charge in [0, 0.05) is 6.26 Å². The average Bonchev–Trinajstić information content (AvgIpc) is 2.01. The Kier molecular flexibility index (Phi) is 2.77. The molecule has 0 atom stereocenters. The van der Waals surface area contributed by atoms with E-state index in [2.05, 4.69) is 5.18 Å². The predicted molar refractivity (Wildman–Crippen MR) is 50.4 cm³/mol. The van der Waals surface area contributed by atoms with Crippen LogP contribution < -0.4 is 0 Å². The molecule has 0 bridgehead atoms. The van der Waals surface area contributed by atoms with Gasteiger partial charge in [0.05, 0.1) is 5.75 Å². The summed E-state index contributed by atoms with van der Waals surface area (Å²) in [6.45, 7) is 0. The van der Waals surface area contributed by atoms with E-state index in [1.165, 1.54) is 12.1 Å². The van der Waals surface area contributed by atoms with Crippen molar-refractivity contribution < 1.29 is 8.42 Å². The van der Waals surface area contributed by atoms with Crippen LogP contribution in [0.15, 0.2) is 29.4 Å². The van der Waals surface area contributed by atoms with E-state index < -0.39 is 9.84 Å².